The van der Waals surface area contributed by atoms with Crippen LogP contribution in [0.1, 0.15) is 17.5 Å². The van der Waals surface area contributed by atoms with Crippen molar-refractivity contribution in [3.63, 3.8) is 0 Å². The third-order valence-electron chi connectivity index (χ3n) is 3.49. The minimum atomic E-state index is -0.364. The molecule has 0 spiro atoms. The predicted octanol–water partition coefficient (Wildman–Crippen LogP) is 3.28. The van der Waals surface area contributed by atoms with Crippen LogP contribution in [0.3, 0.4) is 0 Å². The molecule has 2 aromatic carbocycles. The molecule has 0 bridgehead atoms. The van der Waals surface area contributed by atoms with Gasteiger partial charge >= 0.3 is 0 Å². The Morgan fingerprint density at radius 1 is 0.870 bits per heavy atom. The molecule has 5 heteroatoms. The van der Waals surface area contributed by atoms with Gasteiger partial charge in [0, 0.05) is 11.4 Å². The summed E-state index contributed by atoms with van der Waals surface area (Å²) >= 11 is 0. The first-order valence-electron chi connectivity index (χ1n) is 7.29. The second-order valence-corrected chi connectivity index (χ2v) is 5.30. The van der Waals surface area contributed by atoms with Crippen molar-refractivity contribution in [1.82, 2.24) is 0 Å². The van der Waals surface area contributed by atoms with E-state index in [2.05, 4.69) is 10.6 Å². The van der Waals surface area contributed by atoms with Crippen LogP contribution >= 0.6 is 0 Å². The molecule has 0 heterocycles. The average molecular weight is 312 g/mol. The van der Waals surface area contributed by atoms with E-state index in [9.17, 15) is 9.59 Å². The van der Waals surface area contributed by atoms with Gasteiger partial charge in [-0.2, -0.15) is 0 Å². The van der Waals surface area contributed by atoms with E-state index in [1.165, 1.54) is 0 Å². The molecular formula is C18H20N2O3. The molecule has 0 unspecified atom stereocenters. The van der Waals surface area contributed by atoms with E-state index in [0.717, 1.165) is 11.1 Å². The van der Waals surface area contributed by atoms with Crippen molar-refractivity contribution in [1.29, 1.82) is 0 Å². The van der Waals surface area contributed by atoms with E-state index in [4.69, 9.17) is 4.74 Å². The van der Waals surface area contributed by atoms with Gasteiger partial charge in [0.25, 0.3) is 0 Å². The molecule has 2 N–H and O–H groups in total. The van der Waals surface area contributed by atoms with Gasteiger partial charge in [0.15, 0.2) is 0 Å². The number of hydrogen-bond donors (Lipinski definition) is 2. The molecule has 0 fully saturated rings. The molecule has 0 saturated heterocycles. The van der Waals surface area contributed by atoms with Crippen LogP contribution in [0.25, 0.3) is 0 Å². The summed E-state index contributed by atoms with van der Waals surface area (Å²) in [5.41, 5.74) is 3.55. The Morgan fingerprint density at radius 3 is 2.00 bits per heavy atom. The quantitative estimate of drug-likeness (QED) is 0.833. The van der Waals surface area contributed by atoms with Crippen molar-refractivity contribution in [3.05, 3.63) is 53.6 Å². The van der Waals surface area contributed by atoms with E-state index in [1.54, 1.807) is 31.4 Å². The van der Waals surface area contributed by atoms with Gasteiger partial charge in [-0.05, 0) is 61.4 Å². The zero-order valence-corrected chi connectivity index (χ0v) is 13.5. The molecular weight excluding hydrogens is 292 g/mol. The summed E-state index contributed by atoms with van der Waals surface area (Å²) in [5.74, 6) is -0.00810. The molecule has 0 atom stereocenters. The van der Waals surface area contributed by atoms with E-state index in [-0.39, 0.29) is 18.2 Å². The summed E-state index contributed by atoms with van der Waals surface area (Å²) in [6.07, 6.45) is -0.237. The fraction of sp³-hybridized carbons (Fsp3) is 0.222. The highest BCUT2D eigenvalue weighted by Crippen LogP contribution is 2.16. The van der Waals surface area contributed by atoms with Crippen molar-refractivity contribution < 1.29 is 14.3 Å². The van der Waals surface area contributed by atoms with E-state index >= 15 is 0 Å². The van der Waals surface area contributed by atoms with Gasteiger partial charge in [0.2, 0.25) is 11.8 Å². The monoisotopic (exact) mass is 312 g/mol. The number of anilines is 2. The first kappa shape index (κ1) is 16.5. The lowest BCUT2D eigenvalue weighted by molar-refractivity contribution is -0.123. The number of rotatable bonds is 5. The zero-order valence-electron chi connectivity index (χ0n) is 13.5. The highest BCUT2D eigenvalue weighted by Gasteiger charge is 2.10. The zero-order chi connectivity index (χ0) is 16.8. The van der Waals surface area contributed by atoms with E-state index in [1.807, 2.05) is 32.0 Å². The SMILES string of the molecule is COc1ccc(NC(=O)CC(=O)Nc2ccc(C)c(C)c2)cc1. The molecule has 120 valence electrons. The predicted molar refractivity (Wildman–Crippen MR) is 90.8 cm³/mol. The molecule has 2 rings (SSSR count). The number of carbonyl (C=O) groups is 2. The lowest BCUT2D eigenvalue weighted by Crippen LogP contribution is -2.21. The molecule has 0 aliphatic carbocycles. The third-order valence-corrected chi connectivity index (χ3v) is 3.49. The van der Waals surface area contributed by atoms with Crippen LogP contribution < -0.4 is 15.4 Å². The summed E-state index contributed by atoms with van der Waals surface area (Å²) in [5, 5.41) is 5.40. The maximum Gasteiger partial charge on any atom is 0.233 e. The van der Waals surface area contributed by atoms with Crippen LogP contribution in [-0.2, 0) is 9.59 Å². The Labute approximate surface area is 135 Å². The minimum absolute atomic E-state index is 0.237. The summed E-state index contributed by atoms with van der Waals surface area (Å²) in [6, 6.07) is 12.6. The fourth-order valence-corrected chi connectivity index (χ4v) is 2.05. The number of aryl methyl sites for hydroxylation is 2. The first-order valence-corrected chi connectivity index (χ1v) is 7.29. The number of methoxy groups -OCH3 is 1. The Bertz CT molecular complexity index is 709. The Hall–Kier alpha value is -2.82. The molecule has 2 amide bonds. The second kappa shape index (κ2) is 7.45. The Morgan fingerprint density at radius 2 is 1.43 bits per heavy atom. The van der Waals surface area contributed by atoms with Crippen LogP contribution in [0.15, 0.2) is 42.5 Å². The molecule has 0 aromatic heterocycles. The number of amides is 2. The second-order valence-electron chi connectivity index (χ2n) is 5.30. The molecule has 5 nitrogen and oxygen atoms in total. The van der Waals surface area contributed by atoms with Crippen LogP contribution in [0.5, 0.6) is 5.75 Å². The van der Waals surface area contributed by atoms with Crippen LogP contribution in [0.4, 0.5) is 11.4 Å². The van der Waals surface area contributed by atoms with Crippen molar-refractivity contribution >= 4 is 23.2 Å². The molecule has 0 saturated carbocycles. The van der Waals surface area contributed by atoms with Gasteiger partial charge < -0.3 is 15.4 Å². The number of hydrogen-bond acceptors (Lipinski definition) is 3. The van der Waals surface area contributed by atoms with Crippen molar-refractivity contribution in [2.75, 3.05) is 17.7 Å². The topological polar surface area (TPSA) is 67.4 Å². The normalized spacial score (nSPS) is 10.0. The van der Waals surface area contributed by atoms with Gasteiger partial charge in [-0.25, -0.2) is 0 Å². The smallest absolute Gasteiger partial charge is 0.233 e. The van der Waals surface area contributed by atoms with Gasteiger partial charge in [-0.15, -0.1) is 0 Å². The molecule has 0 aliphatic heterocycles. The summed E-state index contributed by atoms with van der Waals surface area (Å²) < 4.78 is 5.05. The first-order chi connectivity index (χ1) is 11.0. The van der Waals surface area contributed by atoms with Crippen LogP contribution in [0.2, 0.25) is 0 Å². The number of nitrogens with one attached hydrogen (secondary N) is 2. The standard InChI is InChI=1S/C18H20N2O3/c1-12-4-5-15(10-13(12)2)20-18(22)11-17(21)19-14-6-8-16(23-3)9-7-14/h4-10H,11H2,1-3H3,(H,19,21)(H,20,22). The summed E-state index contributed by atoms with van der Waals surface area (Å²) in [6.45, 7) is 3.98. The lowest BCUT2D eigenvalue weighted by Gasteiger charge is -2.08. The molecule has 23 heavy (non-hydrogen) atoms. The van der Waals surface area contributed by atoms with E-state index in [0.29, 0.717) is 17.1 Å². The minimum Gasteiger partial charge on any atom is -0.497 e. The number of ether oxygens (including phenoxy) is 1. The molecule has 0 aliphatic rings. The average Bonchev–Trinajstić information content (AvgIpc) is 2.51. The van der Waals surface area contributed by atoms with Gasteiger partial charge in [-0.3, -0.25) is 9.59 Å². The molecule has 0 radical (unpaired) electrons. The Kier molecular flexibility index (Phi) is 5.36. The Balaban J connectivity index is 1.88. The highest BCUT2D eigenvalue weighted by atomic mass is 16.5. The maximum absolute atomic E-state index is 11.9. The number of carbonyl (C=O) groups excluding carboxylic acids is 2. The van der Waals surface area contributed by atoms with Crippen molar-refractivity contribution in [2.45, 2.75) is 20.3 Å². The molecule has 2 aromatic rings. The third kappa shape index (κ3) is 4.85. The van der Waals surface area contributed by atoms with E-state index < -0.39 is 0 Å². The van der Waals surface area contributed by atoms with Crippen molar-refractivity contribution in [3.8, 4) is 5.75 Å². The van der Waals surface area contributed by atoms with Gasteiger partial charge in [0.1, 0.15) is 12.2 Å². The van der Waals surface area contributed by atoms with Gasteiger partial charge in [0.05, 0.1) is 7.11 Å². The van der Waals surface area contributed by atoms with Gasteiger partial charge in [-0.1, -0.05) is 6.07 Å². The fourth-order valence-electron chi connectivity index (χ4n) is 2.05. The summed E-state index contributed by atoms with van der Waals surface area (Å²) in [7, 11) is 1.57. The van der Waals surface area contributed by atoms with Crippen LogP contribution in [0, 0.1) is 13.8 Å². The highest BCUT2D eigenvalue weighted by molar-refractivity contribution is 6.08. The van der Waals surface area contributed by atoms with Crippen LogP contribution in [-0.4, -0.2) is 18.9 Å². The summed E-state index contributed by atoms with van der Waals surface area (Å²) in [4.78, 5) is 23.8. The lowest BCUT2D eigenvalue weighted by atomic mass is 10.1. The largest absolute Gasteiger partial charge is 0.497 e. The van der Waals surface area contributed by atoms with Crippen molar-refractivity contribution in [2.24, 2.45) is 0 Å². The number of benzene rings is 2. The maximum atomic E-state index is 11.9.